The third kappa shape index (κ3) is 4.25. The molecule has 32 heavy (non-hydrogen) atoms. The van der Waals surface area contributed by atoms with Crippen LogP contribution in [0.1, 0.15) is 29.5 Å². The first kappa shape index (κ1) is 22.7. The molecule has 166 valence electrons. The Bertz CT molecular complexity index is 1130. The number of ether oxygens (including phenoxy) is 3. The predicted octanol–water partition coefficient (Wildman–Crippen LogP) is 4.50. The zero-order chi connectivity index (χ0) is 23.5. The molecule has 0 saturated heterocycles. The van der Waals surface area contributed by atoms with E-state index in [0.29, 0.717) is 11.3 Å². The molecule has 0 saturated carbocycles. The number of halogens is 3. The minimum atomic E-state index is -4.73. The third-order valence-corrected chi connectivity index (χ3v) is 4.84. The number of nitrogens with two attached hydrogens (primary N) is 1. The van der Waals surface area contributed by atoms with Crippen molar-refractivity contribution in [2.45, 2.75) is 19.0 Å². The summed E-state index contributed by atoms with van der Waals surface area (Å²) >= 11 is 0. The number of rotatable bonds is 5. The van der Waals surface area contributed by atoms with E-state index in [-0.39, 0.29) is 29.1 Å². The lowest BCUT2D eigenvalue weighted by atomic mass is 9.80. The van der Waals surface area contributed by atoms with Crippen molar-refractivity contribution < 1.29 is 32.2 Å². The molecule has 0 spiro atoms. The summed E-state index contributed by atoms with van der Waals surface area (Å²) in [6.45, 7) is 1.52. The average Bonchev–Trinajstić information content (AvgIpc) is 2.78. The average molecular weight is 444 g/mol. The van der Waals surface area contributed by atoms with Gasteiger partial charge in [-0.15, -0.1) is 0 Å². The molecule has 0 radical (unpaired) electrons. The van der Waals surface area contributed by atoms with E-state index in [1.54, 1.807) is 37.3 Å². The zero-order valence-corrected chi connectivity index (χ0v) is 17.2. The predicted molar refractivity (Wildman–Crippen MR) is 109 cm³/mol. The van der Waals surface area contributed by atoms with E-state index in [9.17, 15) is 23.2 Å². The van der Waals surface area contributed by atoms with Crippen LogP contribution in [0.15, 0.2) is 65.6 Å². The van der Waals surface area contributed by atoms with Crippen molar-refractivity contribution in [1.82, 2.24) is 0 Å². The lowest BCUT2D eigenvalue weighted by molar-refractivity contribution is -0.140. The van der Waals surface area contributed by atoms with Crippen LogP contribution in [0.5, 0.6) is 5.75 Å². The Balaban J connectivity index is 2.34. The number of esters is 1. The quantitative estimate of drug-likeness (QED) is 0.683. The van der Waals surface area contributed by atoms with Crippen LogP contribution >= 0.6 is 0 Å². The van der Waals surface area contributed by atoms with E-state index in [1.807, 2.05) is 0 Å². The number of methoxy groups -OCH3 is 1. The molecule has 0 aromatic heterocycles. The Morgan fingerprint density at radius 1 is 1.19 bits per heavy atom. The van der Waals surface area contributed by atoms with E-state index in [1.165, 1.54) is 25.3 Å². The summed E-state index contributed by atoms with van der Waals surface area (Å²) in [7, 11) is 1.47. The number of nitriles is 1. The number of hydrogen-bond acceptors (Lipinski definition) is 6. The maximum Gasteiger partial charge on any atom is 0.416 e. The van der Waals surface area contributed by atoms with E-state index >= 15 is 0 Å². The van der Waals surface area contributed by atoms with Gasteiger partial charge in [-0.05, 0) is 42.8 Å². The Hall–Kier alpha value is -3.93. The molecule has 2 aromatic carbocycles. The summed E-state index contributed by atoms with van der Waals surface area (Å²) in [4.78, 5) is 13.0. The summed E-state index contributed by atoms with van der Waals surface area (Å²) in [5, 5.41) is 9.70. The summed E-state index contributed by atoms with van der Waals surface area (Å²) < 4.78 is 57.3. The van der Waals surface area contributed by atoms with E-state index < -0.39 is 29.5 Å². The van der Waals surface area contributed by atoms with E-state index in [2.05, 4.69) is 0 Å². The van der Waals surface area contributed by atoms with Crippen LogP contribution in [-0.2, 0) is 20.4 Å². The van der Waals surface area contributed by atoms with Crippen LogP contribution in [0.3, 0.4) is 0 Å². The fourth-order valence-electron chi connectivity index (χ4n) is 3.45. The lowest BCUT2D eigenvalue weighted by Crippen LogP contribution is -2.27. The van der Waals surface area contributed by atoms with Crippen LogP contribution in [0.25, 0.3) is 5.76 Å². The maximum absolute atomic E-state index is 13.8. The lowest BCUT2D eigenvalue weighted by Gasteiger charge is -2.29. The third-order valence-electron chi connectivity index (χ3n) is 4.84. The number of hydrogen-bond donors (Lipinski definition) is 1. The van der Waals surface area contributed by atoms with Crippen LogP contribution in [-0.4, -0.2) is 19.7 Å². The van der Waals surface area contributed by atoms with Crippen molar-refractivity contribution in [3.8, 4) is 11.8 Å². The highest BCUT2D eigenvalue weighted by Crippen LogP contribution is 2.46. The largest absolute Gasteiger partial charge is 0.497 e. The van der Waals surface area contributed by atoms with Crippen LogP contribution in [0.2, 0.25) is 0 Å². The molecule has 0 fully saturated rings. The van der Waals surface area contributed by atoms with Gasteiger partial charge in [0.25, 0.3) is 0 Å². The van der Waals surface area contributed by atoms with Crippen LogP contribution < -0.4 is 10.5 Å². The topological polar surface area (TPSA) is 94.6 Å². The summed E-state index contributed by atoms with van der Waals surface area (Å²) in [5.74, 6) is -2.33. The van der Waals surface area contributed by atoms with Gasteiger partial charge in [0.05, 0.1) is 30.8 Å². The van der Waals surface area contributed by atoms with Crippen molar-refractivity contribution in [3.63, 3.8) is 0 Å². The molecular weight excluding hydrogens is 425 g/mol. The molecule has 6 nitrogen and oxygen atoms in total. The van der Waals surface area contributed by atoms with Gasteiger partial charge in [-0.2, -0.15) is 18.4 Å². The van der Waals surface area contributed by atoms with Gasteiger partial charge in [-0.3, -0.25) is 0 Å². The first-order valence-corrected chi connectivity index (χ1v) is 9.52. The maximum atomic E-state index is 13.8. The Morgan fingerprint density at radius 3 is 2.41 bits per heavy atom. The van der Waals surface area contributed by atoms with Gasteiger partial charge in [0.1, 0.15) is 23.2 Å². The first-order valence-electron chi connectivity index (χ1n) is 9.52. The molecule has 1 heterocycles. The van der Waals surface area contributed by atoms with Crippen molar-refractivity contribution >= 4 is 11.7 Å². The second kappa shape index (κ2) is 9.06. The molecule has 1 aliphatic heterocycles. The van der Waals surface area contributed by atoms with Gasteiger partial charge in [-0.1, -0.05) is 18.2 Å². The number of carbonyl (C=O) groups excluding carboxylic acids is 1. The number of benzene rings is 2. The van der Waals surface area contributed by atoms with Crippen LogP contribution in [0, 0.1) is 11.3 Å². The molecule has 1 aliphatic rings. The van der Waals surface area contributed by atoms with Gasteiger partial charge in [-0.25, -0.2) is 4.79 Å². The monoisotopic (exact) mass is 444 g/mol. The van der Waals surface area contributed by atoms with Crippen LogP contribution in [0.4, 0.5) is 13.2 Å². The second-order valence-corrected chi connectivity index (χ2v) is 6.70. The summed E-state index contributed by atoms with van der Waals surface area (Å²) in [6, 6.07) is 12.8. The Kier molecular flexibility index (Phi) is 6.44. The molecular formula is C23H19F3N2O4. The number of carbonyl (C=O) groups is 1. The van der Waals surface area contributed by atoms with Crippen molar-refractivity contribution in [2.24, 2.45) is 5.73 Å². The van der Waals surface area contributed by atoms with Crippen molar-refractivity contribution in [2.75, 3.05) is 13.7 Å². The molecule has 0 aliphatic carbocycles. The normalized spacial score (nSPS) is 16.3. The molecule has 2 N–H and O–H groups in total. The zero-order valence-electron chi connectivity index (χ0n) is 17.2. The van der Waals surface area contributed by atoms with Gasteiger partial charge < -0.3 is 19.9 Å². The first-order chi connectivity index (χ1) is 15.2. The van der Waals surface area contributed by atoms with Gasteiger partial charge in [0.2, 0.25) is 5.88 Å². The molecule has 9 heteroatoms. The summed E-state index contributed by atoms with van der Waals surface area (Å²) in [6.07, 6.45) is -4.73. The highest BCUT2D eigenvalue weighted by molar-refractivity contribution is 6.00. The van der Waals surface area contributed by atoms with Crippen molar-refractivity contribution in [3.05, 3.63) is 82.3 Å². The molecule has 0 amide bonds. The Labute approximate surface area is 182 Å². The molecule has 3 rings (SSSR count). The van der Waals surface area contributed by atoms with Crippen molar-refractivity contribution in [1.29, 1.82) is 5.26 Å². The smallest absolute Gasteiger partial charge is 0.416 e. The molecule has 2 aromatic rings. The fraction of sp³-hybridized carbons (Fsp3) is 0.217. The van der Waals surface area contributed by atoms with E-state index in [4.69, 9.17) is 19.9 Å². The SMILES string of the molecule is CCOC(=O)C1=C(c2ccc(OC)cc2)OC(N)=C(C#N)C1c1ccccc1C(F)(F)F. The number of nitrogens with zero attached hydrogens (tertiary/aromatic N) is 1. The van der Waals surface area contributed by atoms with Gasteiger partial charge >= 0.3 is 12.1 Å². The highest BCUT2D eigenvalue weighted by atomic mass is 19.4. The standard InChI is InChI=1S/C23H19F3N2O4/c1-3-31-22(29)19-18(15-6-4-5-7-17(15)23(24,25)26)16(12-27)21(28)32-20(19)13-8-10-14(30-2)11-9-13/h4-11,18H,3,28H2,1-2H3. The number of allylic oxidation sites excluding steroid dienone is 1. The molecule has 0 bridgehead atoms. The molecule has 1 unspecified atom stereocenters. The highest BCUT2D eigenvalue weighted by Gasteiger charge is 2.43. The fourth-order valence-corrected chi connectivity index (χ4v) is 3.45. The minimum Gasteiger partial charge on any atom is -0.497 e. The summed E-state index contributed by atoms with van der Waals surface area (Å²) in [5.41, 5.74) is 4.42. The van der Waals surface area contributed by atoms with Gasteiger partial charge in [0, 0.05) is 5.56 Å². The second-order valence-electron chi connectivity index (χ2n) is 6.70. The molecule has 1 atom stereocenters. The minimum absolute atomic E-state index is 0.0348. The Morgan fingerprint density at radius 2 is 1.84 bits per heavy atom. The number of alkyl halides is 3. The van der Waals surface area contributed by atoms with Gasteiger partial charge in [0.15, 0.2) is 0 Å². The van der Waals surface area contributed by atoms with E-state index in [0.717, 1.165) is 6.07 Å².